The number of ether oxygens (including phenoxy) is 1. The van der Waals surface area contributed by atoms with Crippen LogP contribution < -0.4 is 10.6 Å². The van der Waals surface area contributed by atoms with Crippen LogP contribution in [0.25, 0.3) is 10.9 Å². The van der Waals surface area contributed by atoms with E-state index in [1.165, 1.54) is 0 Å². The number of rotatable bonds is 6. The zero-order valence-electron chi connectivity index (χ0n) is 15.7. The molecule has 0 radical (unpaired) electrons. The number of aromatic amines is 1. The normalized spacial score (nSPS) is 18.5. The quantitative estimate of drug-likeness (QED) is 0.456. The van der Waals surface area contributed by atoms with Crippen molar-refractivity contribution in [2.75, 3.05) is 12.4 Å². The fourth-order valence-corrected chi connectivity index (χ4v) is 3.96. The topological polar surface area (TPSA) is 83.2 Å². The number of fused-ring (bicyclic) bond motifs is 3. The number of aromatic nitrogens is 1. The van der Waals surface area contributed by atoms with Gasteiger partial charge in [-0.2, -0.15) is 0 Å². The molecule has 1 atom stereocenters. The second-order valence-corrected chi connectivity index (χ2v) is 7.18. The number of nitrogens with one attached hydrogen (secondary N) is 3. The molecule has 4 rings (SSSR count). The second-order valence-electron chi connectivity index (χ2n) is 7.18. The van der Waals surface area contributed by atoms with Gasteiger partial charge in [-0.15, -0.1) is 0 Å². The number of hydrogen-bond acceptors (Lipinski definition) is 4. The lowest BCUT2D eigenvalue weighted by Gasteiger charge is -2.34. The molecular formula is C22H23N3O3. The molecule has 3 aromatic rings. The summed E-state index contributed by atoms with van der Waals surface area (Å²) in [4.78, 5) is 27.2. The number of esters is 1. The molecule has 28 heavy (non-hydrogen) atoms. The van der Waals surface area contributed by atoms with E-state index in [4.69, 9.17) is 4.74 Å². The summed E-state index contributed by atoms with van der Waals surface area (Å²) in [6.45, 7) is 0.261. The number of carbonyl (C=O) groups is 2. The molecule has 0 aliphatic heterocycles. The van der Waals surface area contributed by atoms with Crippen LogP contribution in [0, 0.1) is 0 Å². The van der Waals surface area contributed by atoms with Crippen LogP contribution in [0.4, 0.5) is 5.69 Å². The number of anilines is 1. The lowest BCUT2D eigenvalue weighted by Crippen LogP contribution is -2.54. The lowest BCUT2D eigenvalue weighted by molar-refractivity contribution is -0.153. The maximum Gasteiger partial charge on any atom is 0.327 e. The van der Waals surface area contributed by atoms with Crippen LogP contribution in [0.2, 0.25) is 0 Å². The maximum atomic E-state index is 13.0. The summed E-state index contributed by atoms with van der Waals surface area (Å²) in [5.41, 5.74) is 4.19. The van der Waals surface area contributed by atoms with E-state index in [0.717, 1.165) is 39.8 Å². The lowest BCUT2D eigenvalue weighted by atomic mass is 9.79. The third-order valence-corrected chi connectivity index (χ3v) is 5.58. The minimum atomic E-state index is -0.759. The van der Waals surface area contributed by atoms with E-state index < -0.39 is 5.54 Å². The van der Waals surface area contributed by atoms with E-state index in [-0.39, 0.29) is 12.6 Å². The predicted octanol–water partition coefficient (Wildman–Crippen LogP) is 2.93. The van der Waals surface area contributed by atoms with E-state index >= 15 is 0 Å². The van der Waals surface area contributed by atoms with Crippen molar-refractivity contribution in [3.8, 4) is 0 Å². The van der Waals surface area contributed by atoms with Crippen LogP contribution in [-0.4, -0.2) is 29.9 Å². The monoisotopic (exact) mass is 377 g/mol. The molecule has 6 heteroatoms. The molecule has 0 fully saturated rings. The van der Waals surface area contributed by atoms with Gasteiger partial charge in [-0.3, -0.25) is 9.59 Å². The number of aryl methyl sites for hydroxylation is 1. The molecule has 1 heterocycles. The summed E-state index contributed by atoms with van der Waals surface area (Å²) < 4.78 is 5.66. The van der Waals surface area contributed by atoms with Crippen molar-refractivity contribution < 1.29 is 14.3 Å². The SMILES string of the molecule is CNC1(C(=O)OCc2ccccc2)CCc2[nH]c3ccc(NC=O)cc3c2C1. The van der Waals surface area contributed by atoms with Crippen LogP contribution in [0.3, 0.4) is 0 Å². The average Bonchev–Trinajstić information content (AvgIpc) is 3.10. The van der Waals surface area contributed by atoms with Crippen molar-refractivity contribution in [1.29, 1.82) is 0 Å². The molecular weight excluding hydrogens is 354 g/mol. The van der Waals surface area contributed by atoms with Gasteiger partial charge in [0.15, 0.2) is 0 Å². The van der Waals surface area contributed by atoms with Crippen LogP contribution in [0.5, 0.6) is 0 Å². The third kappa shape index (κ3) is 3.27. The van der Waals surface area contributed by atoms with E-state index in [1.807, 2.05) is 55.6 Å². The van der Waals surface area contributed by atoms with Crippen molar-refractivity contribution in [3.63, 3.8) is 0 Å². The molecule has 1 aromatic heterocycles. The van der Waals surface area contributed by atoms with Gasteiger partial charge in [-0.05, 0) is 49.2 Å². The van der Waals surface area contributed by atoms with Gasteiger partial charge in [0.05, 0.1) is 0 Å². The van der Waals surface area contributed by atoms with Gasteiger partial charge in [-0.25, -0.2) is 0 Å². The highest BCUT2D eigenvalue weighted by Crippen LogP contribution is 2.35. The fraction of sp³-hybridized carbons (Fsp3) is 0.273. The van der Waals surface area contributed by atoms with E-state index in [9.17, 15) is 9.59 Å². The van der Waals surface area contributed by atoms with Gasteiger partial charge < -0.3 is 20.4 Å². The standard InChI is InChI=1S/C22H23N3O3/c1-23-22(21(27)28-13-15-5-3-2-4-6-15)10-9-20-18(12-22)17-11-16(24-14-26)7-8-19(17)25-20/h2-8,11,14,23,25H,9-10,12-13H2,1H3,(H,24,26). The highest BCUT2D eigenvalue weighted by molar-refractivity contribution is 5.91. The number of likely N-dealkylation sites (N-methyl/N-ethyl adjacent to an activating group) is 1. The van der Waals surface area contributed by atoms with Crippen molar-refractivity contribution in [2.24, 2.45) is 0 Å². The Kier molecular flexibility index (Phi) is 4.88. The Hall–Kier alpha value is -3.12. The van der Waals surface area contributed by atoms with Gasteiger partial charge in [0.1, 0.15) is 12.1 Å². The molecule has 3 N–H and O–H groups in total. The summed E-state index contributed by atoms with van der Waals surface area (Å²) in [5, 5.41) is 6.94. The molecule has 0 bridgehead atoms. The maximum absolute atomic E-state index is 13.0. The molecule has 0 spiro atoms. The van der Waals surface area contributed by atoms with Crippen molar-refractivity contribution in [3.05, 3.63) is 65.4 Å². The van der Waals surface area contributed by atoms with Gasteiger partial charge in [0.2, 0.25) is 6.41 Å². The van der Waals surface area contributed by atoms with Crippen LogP contribution >= 0.6 is 0 Å². The van der Waals surface area contributed by atoms with Gasteiger partial charge in [0.25, 0.3) is 0 Å². The smallest absolute Gasteiger partial charge is 0.327 e. The Bertz CT molecular complexity index is 1010. The Morgan fingerprint density at radius 1 is 1.25 bits per heavy atom. The molecule has 0 saturated heterocycles. The number of carbonyl (C=O) groups excluding carboxylic acids is 2. The summed E-state index contributed by atoms with van der Waals surface area (Å²) in [6, 6.07) is 15.4. The van der Waals surface area contributed by atoms with Crippen molar-refractivity contribution >= 4 is 29.0 Å². The van der Waals surface area contributed by atoms with E-state index in [0.29, 0.717) is 19.3 Å². The molecule has 1 aliphatic rings. The van der Waals surface area contributed by atoms with Crippen LogP contribution in [0.1, 0.15) is 23.2 Å². The van der Waals surface area contributed by atoms with Gasteiger partial charge >= 0.3 is 5.97 Å². The highest BCUT2D eigenvalue weighted by atomic mass is 16.5. The Morgan fingerprint density at radius 3 is 2.82 bits per heavy atom. The zero-order valence-corrected chi connectivity index (χ0v) is 15.7. The molecule has 1 aliphatic carbocycles. The Balaban J connectivity index is 1.60. The average molecular weight is 377 g/mol. The summed E-state index contributed by atoms with van der Waals surface area (Å²) in [7, 11) is 1.81. The summed E-state index contributed by atoms with van der Waals surface area (Å²) in [5.74, 6) is -0.235. The first-order chi connectivity index (χ1) is 13.6. The number of hydrogen-bond donors (Lipinski definition) is 3. The largest absolute Gasteiger partial charge is 0.459 e. The zero-order chi connectivity index (χ0) is 19.6. The minimum Gasteiger partial charge on any atom is -0.459 e. The Labute approximate surface area is 163 Å². The van der Waals surface area contributed by atoms with E-state index in [2.05, 4.69) is 15.6 Å². The van der Waals surface area contributed by atoms with E-state index in [1.54, 1.807) is 0 Å². The second kappa shape index (κ2) is 7.48. The van der Waals surface area contributed by atoms with Crippen molar-refractivity contribution in [1.82, 2.24) is 10.3 Å². The molecule has 144 valence electrons. The fourth-order valence-electron chi connectivity index (χ4n) is 3.96. The Morgan fingerprint density at radius 2 is 2.07 bits per heavy atom. The van der Waals surface area contributed by atoms with Crippen molar-refractivity contribution in [2.45, 2.75) is 31.4 Å². The molecule has 1 unspecified atom stereocenters. The van der Waals surface area contributed by atoms with Gasteiger partial charge in [0, 0.05) is 28.7 Å². The first-order valence-corrected chi connectivity index (χ1v) is 9.39. The minimum absolute atomic E-state index is 0.235. The third-order valence-electron chi connectivity index (χ3n) is 5.58. The summed E-state index contributed by atoms with van der Waals surface area (Å²) in [6.07, 6.45) is 2.62. The molecule has 6 nitrogen and oxygen atoms in total. The molecule has 0 saturated carbocycles. The van der Waals surface area contributed by atoms with Gasteiger partial charge in [-0.1, -0.05) is 30.3 Å². The van der Waals surface area contributed by atoms with Crippen LogP contribution in [-0.2, 0) is 33.8 Å². The number of H-pyrrole nitrogens is 1. The molecule has 1 amide bonds. The predicted molar refractivity (Wildman–Crippen MR) is 108 cm³/mol. The first kappa shape index (κ1) is 18.3. The first-order valence-electron chi connectivity index (χ1n) is 9.39. The molecule has 2 aromatic carbocycles. The summed E-state index contributed by atoms with van der Waals surface area (Å²) >= 11 is 0. The number of amides is 1. The number of benzene rings is 2. The van der Waals surface area contributed by atoms with Crippen LogP contribution in [0.15, 0.2) is 48.5 Å². The highest BCUT2D eigenvalue weighted by Gasteiger charge is 2.42.